The largest absolute Gasteiger partial charge is 0.336 e. The number of hydrogen-bond acceptors (Lipinski definition) is 4. The topological polar surface area (TPSA) is 105 Å². The summed E-state index contributed by atoms with van der Waals surface area (Å²) in [5.41, 5.74) is 7.09. The lowest BCUT2D eigenvalue weighted by Crippen LogP contribution is -2.34. The third kappa shape index (κ3) is 4.32. The van der Waals surface area contributed by atoms with Crippen molar-refractivity contribution in [3.63, 3.8) is 0 Å². The number of rotatable bonds is 4. The molecule has 2 atom stereocenters. The summed E-state index contributed by atoms with van der Waals surface area (Å²) in [6.07, 6.45) is 0.881. The average molecular weight is 332 g/mol. The number of nitrogens with one attached hydrogen (secondary N) is 2. The predicted molar refractivity (Wildman–Crippen MR) is 92.7 cm³/mol. The minimum Gasteiger partial charge on any atom is -0.336 e. The van der Waals surface area contributed by atoms with E-state index in [0.29, 0.717) is 35.9 Å². The molecule has 0 radical (unpaired) electrons. The standard InChI is InChI=1S/C17H24N4O3/c1-10-4-13(8-18)9-21(10)17(24)14-5-15(19-11(2)22)7-16(6-14)20-12(3)23/h5-7,10,13H,4,8-9,18H2,1-3H3,(H,19,22)(H,20,23). The van der Waals surface area contributed by atoms with Gasteiger partial charge in [0, 0.05) is 43.4 Å². The van der Waals surface area contributed by atoms with E-state index in [1.54, 1.807) is 23.1 Å². The Morgan fingerprint density at radius 3 is 2.08 bits per heavy atom. The first-order valence-electron chi connectivity index (χ1n) is 8.01. The molecule has 1 aromatic carbocycles. The van der Waals surface area contributed by atoms with Crippen LogP contribution in [-0.2, 0) is 9.59 Å². The molecule has 1 aromatic rings. The molecule has 130 valence electrons. The quantitative estimate of drug-likeness (QED) is 0.775. The second-order valence-corrected chi connectivity index (χ2v) is 6.31. The van der Waals surface area contributed by atoms with Gasteiger partial charge in [0.25, 0.3) is 5.91 Å². The predicted octanol–water partition coefficient (Wildman–Crippen LogP) is 1.41. The van der Waals surface area contributed by atoms with E-state index < -0.39 is 0 Å². The Kier molecular flexibility index (Phi) is 5.56. The molecule has 2 unspecified atom stereocenters. The van der Waals surface area contributed by atoms with E-state index in [4.69, 9.17) is 5.73 Å². The molecule has 4 N–H and O–H groups in total. The van der Waals surface area contributed by atoms with Crippen LogP contribution < -0.4 is 16.4 Å². The van der Waals surface area contributed by atoms with Crippen LogP contribution in [0.5, 0.6) is 0 Å². The summed E-state index contributed by atoms with van der Waals surface area (Å²) in [6, 6.07) is 4.98. The van der Waals surface area contributed by atoms with Gasteiger partial charge in [-0.15, -0.1) is 0 Å². The van der Waals surface area contributed by atoms with Gasteiger partial charge in [-0.25, -0.2) is 0 Å². The third-order valence-corrected chi connectivity index (χ3v) is 4.08. The fourth-order valence-electron chi connectivity index (χ4n) is 3.06. The van der Waals surface area contributed by atoms with E-state index in [0.717, 1.165) is 6.42 Å². The van der Waals surface area contributed by atoms with Crippen LogP contribution in [-0.4, -0.2) is 41.8 Å². The van der Waals surface area contributed by atoms with Crippen LogP contribution in [0.3, 0.4) is 0 Å². The zero-order chi connectivity index (χ0) is 17.9. The molecule has 0 aliphatic carbocycles. The number of nitrogens with zero attached hydrogens (tertiary/aromatic N) is 1. The maximum Gasteiger partial charge on any atom is 0.254 e. The highest BCUT2D eigenvalue weighted by Crippen LogP contribution is 2.26. The van der Waals surface area contributed by atoms with Gasteiger partial charge in [-0.1, -0.05) is 0 Å². The normalized spacial score (nSPS) is 19.9. The van der Waals surface area contributed by atoms with Crippen molar-refractivity contribution in [3.05, 3.63) is 23.8 Å². The first-order valence-corrected chi connectivity index (χ1v) is 8.01. The Labute approximate surface area is 141 Å². The minimum atomic E-state index is -0.244. The summed E-state index contributed by atoms with van der Waals surface area (Å²) in [6.45, 7) is 5.95. The summed E-state index contributed by atoms with van der Waals surface area (Å²) in [5, 5.41) is 5.31. The van der Waals surface area contributed by atoms with Gasteiger partial charge in [-0.3, -0.25) is 14.4 Å². The average Bonchev–Trinajstić information content (AvgIpc) is 2.86. The van der Waals surface area contributed by atoms with Crippen LogP contribution in [0.1, 0.15) is 37.6 Å². The van der Waals surface area contributed by atoms with Gasteiger partial charge in [-0.2, -0.15) is 0 Å². The summed E-state index contributed by atoms with van der Waals surface area (Å²) < 4.78 is 0. The zero-order valence-electron chi connectivity index (χ0n) is 14.3. The number of benzene rings is 1. The molecule has 0 bridgehead atoms. The lowest BCUT2D eigenvalue weighted by atomic mass is 10.1. The second-order valence-electron chi connectivity index (χ2n) is 6.31. The molecule has 1 saturated heterocycles. The van der Waals surface area contributed by atoms with Crippen LogP contribution >= 0.6 is 0 Å². The number of likely N-dealkylation sites (tertiary alicyclic amines) is 1. The van der Waals surface area contributed by atoms with E-state index in [9.17, 15) is 14.4 Å². The second kappa shape index (κ2) is 7.44. The van der Waals surface area contributed by atoms with Crippen molar-refractivity contribution in [1.82, 2.24) is 4.90 Å². The van der Waals surface area contributed by atoms with Gasteiger partial charge in [-0.05, 0) is 44.0 Å². The Hall–Kier alpha value is -2.41. The Bertz CT molecular complexity index is 625. The van der Waals surface area contributed by atoms with Crippen LogP contribution in [0.15, 0.2) is 18.2 Å². The fraction of sp³-hybridized carbons (Fsp3) is 0.471. The Balaban J connectivity index is 2.31. The zero-order valence-corrected chi connectivity index (χ0v) is 14.3. The highest BCUT2D eigenvalue weighted by Gasteiger charge is 2.32. The van der Waals surface area contributed by atoms with Gasteiger partial charge < -0.3 is 21.3 Å². The van der Waals surface area contributed by atoms with Crippen molar-refractivity contribution in [3.8, 4) is 0 Å². The van der Waals surface area contributed by atoms with Crippen molar-refractivity contribution in [1.29, 1.82) is 0 Å². The highest BCUT2D eigenvalue weighted by molar-refractivity contribution is 6.00. The molecule has 7 heteroatoms. The van der Waals surface area contributed by atoms with Crippen LogP contribution in [0.4, 0.5) is 11.4 Å². The molecule has 3 amide bonds. The third-order valence-electron chi connectivity index (χ3n) is 4.08. The summed E-state index contributed by atoms with van der Waals surface area (Å²) in [4.78, 5) is 37.3. The molecular formula is C17H24N4O3. The lowest BCUT2D eigenvalue weighted by molar-refractivity contribution is -0.115. The minimum absolute atomic E-state index is 0.111. The van der Waals surface area contributed by atoms with Crippen molar-refractivity contribution in [2.24, 2.45) is 11.7 Å². The van der Waals surface area contributed by atoms with Crippen molar-refractivity contribution in [2.75, 3.05) is 23.7 Å². The van der Waals surface area contributed by atoms with Crippen molar-refractivity contribution < 1.29 is 14.4 Å². The van der Waals surface area contributed by atoms with Gasteiger partial charge in [0.15, 0.2) is 0 Å². The summed E-state index contributed by atoms with van der Waals surface area (Å²) in [5.74, 6) is -0.313. The first kappa shape index (κ1) is 17.9. The number of nitrogens with two attached hydrogens (primary N) is 1. The van der Waals surface area contributed by atoms with Crippen LogP contribution in [0.25, 0.3) is 0 Å². The molecular weight excluding hydrogens is 308 g/mol. The molecule has 7 nitrogen and oxygen atoms in total. The van der Waals surface area contributed by atoms with E-state index >= 15 is 0 Å². The molecule has 1 fully saturated rings. The Morgan fingerprint density at radius 2 is 1.67 bits per heavy atom. The Morgan fingerprint density at radius 1 is 1.12 bits per heavy atom. The molecule has 0 spiro atoms. The maximum atomic E-state index is 12.9. The molecule has 2 rings (SSSR count). The van der Waals surface area contributed by atoms with Gasteiger partial charge in [0.05, 0.1) is 0 Å². The van der Waals surface area contributed by atoms with E-state index in [2.05, 4.69) is 10.6 Å². The molecule has 1 aliphatic heterocycles. The molecule has 24 heavy (non-hydrogen) atoms. The number of hydrogen-bond donors (Lipinski definition) is 3. The van der Waals surface area contributed by atoms with Crippen LogP contribution in [0.2, 0.25) is 0 Å². The fourth-order valence-corrected chi connectivity index (χ4v) is 3.06. The highest BCUT2D eigenvalue weighted by atomic mass is 16.2. The molecule has 1 aliphatic rings. The number of carbonyl (C=O) groups excluding carboxylic acids is 3. The van der Waals surface area contributed by atoms with Gasteiger partial charge >= 0.3 is 0 Å². The smallest absolute Gasteiger partial charge is 0.254 e. The van der Waals surface area contributed by atoms with Gasteiger partial charge in [0.2, 0.25) is 11.8 Å². The SMILES string of the molecule is CC(=O)Nc1cc(NC(C)=O)cc(C(=O)N2CC(CN)CC2C)c1. The summed E-state index contributed by atoms with van der Waals surface area (Å²) >= 11 is 0. The molecule has 0 aromatic heterocycles. The number of carbonyl (C=O) groups is 3. The van der Waals surface area contributed by atoms with Gasteiger partial charge in [0.1, 0.15) is 0 Å². The number of anilines is 2. The monoisotopic (exact) mass is 332 g/mol. The first-order chi connectivity index (χ1) is 11.3. The van der Waals surface area contributed by atoms with E-state index in [-0.39, 0.29) is 23.8 Å². The van der Waals surface area contributed by atoms with Crippen molar-refractivity contribution >= 4 is 29.1 Å². The molecule has 0 saturated carbocycles. The van der Waals surface area contributed by atoms with E-state index in [1.165, 1.54) is 13.8 Å². The number of amides is 3. The van der Waals surface area contributed by atoms with E-state index in [1.807, 2.05) is 6.92 Å². The summed E-state index contributed by atoms with van der Waals surface area (Å²) in [7, 11) is 0. The maximum absolute atomic E-state index is 12.9. The lowest BCUT2D eigenvalue weighted by Gasteiger charge is -2.22. The molecule has 1 heterocycles. The van der Waals surface area contributed by atoms with Crippen LogP contribution in [0, 0.1) is 5.92 Å². The van der Waals surface area contributed by atoms with Crippen molar-refractivity contribution in [2.45, 2.75) is 33.2 Å².